The summed E-state index contributed by atoms with van der Waals surface area (Å²) in [4.78, 5) is 11.2. The minimum Gasteiger partial charge on any atom is -0.491 e. The molecule has 0 fully saturated rings. The first-order valence-electron chi connectivity index (χ1n) is 11.0. The fourth-order valence-corrected chi connectivity index (χ4v) is 3.96. The van der Waals surface area contributed by atoms with Gasteiger partial charge < -0.3 is 14.8 Å². The van der Waals surface area contributed by atoms with Crippen LogP contribution in [0.5, 0.6) is 5.75 Å². The van der Waals surface area contributed by atoms with Crippen LogP contribution in [-0.4, -0.2) is 19.1 Å². The van der Waals surface area contributed by atoms with Gasteiger partial charge in [0.2, 0.25) is 5.91 Å². The van der Waals surface area contributed by atoms with Crippen LogP contribution in [0.2, 0.25) is 0 Å². The minimum absolute atomic E-state index is 0.101. The van der Waals surface area contributed by atoms with Crippen molar-refractivity contribution in [3.05, 3.63) is 132 Å². The lowest BCUT2D eigenvalue weighted by atomic mass is 9.80. The molecule has 4 aromatic carbocycles. The van der Waals surface area contributed by atoms with Gasteiger partial charge in [-0.3, -0.25) is 4.79 Å². The van der Waals surface area contributed by atoms with Gasteiger partial charge in [-0.05, 0) is 41.0 Å². The summed E-state index contributed by atoms with van der Waals surface area (Å²) < 4.78 is 12.6. The summed E-state index contributed by atoms with van der Waals surface area (Å²) in [6, 6.07) is 38.1. The maximum atomic E-state index is 11.2. The maximum absolute atomic E-state index is 11.2. The summed E-state index contributed by atoms with van der Waals surface area (Å²) in [5, 5.41) is 2.75. The molecule has 166 valence electrons. The largest absolute Gasteiger partial charge is 0.491 e. The Labute approximate surface area is 194 Å². The molecule has 33 heavy (non-hydrogen) atoms. The number of rotatable bonds is 9. The third-order valence-electron chi connectivity index (χ3n) is 5.39. The Bertz CT molecular complexity index is 1050. The predicted molar refractivity (Wildman–Crippen MR) is 131 cm³/mol. The van der Waals surface area contributed by atoms with E-state index in [1.165, 1.54) is 6.92 Å². The normalized spacial score (nSPS) is 11.1. The van der Waals surface area contributed by atoms with Gasteiger partial charge in [0.25, 0.3) is 0 Å². The average Bonchev–Trinajstić information content (AvgIpc) is 2.87. The molecule has 0 spiro atoms. The molecule has 0 saturated carbocycles. The first-order valence-corrected chi connectivity index (χ1v) is 11.0. The first-order chi connectivity index (χ1) is 16.2. The number of benzene rings is 4. The third-order valence-corrected chi connectivity index (χ3v) is 5.39. The molecule has 0 aliphatic rings. The number of anilines is 1. The van der Waals surface area contributed by atoms with Crippen molar-refractivity contribution in [3.63, 3.8) is 0 Å². The zero-order chi connectivity index (χ0) is 22.9. The van der Waals surface area contributed by atoms with Gasteiger partial charge in [0.05, 0.1) is 6.61 Å². The number of ether oxygens (including phenoxy) is 2. The van der Waals surface area contributed by atoms with Crippen molar-refractivity contribution in [1.82, 2.24) is 0 Å². The number of carbonyl (C=O) groups excluding carboxylic acids is 1. The summed E-state index contributed by atoms with van der Waals surface area (Å²) in [5.74, 6) is 0.619. The lowest BCUT2D eigenvalue weighted by Crippen LogP contribution is -2.34. The molecule has 0 atom stereocenters. The van der Waals surface area contributed by atoms with Crippen LogP contribution >= 0.6 is 0 Å². The molecule has 4 rings (SSSR count). The Balaban J connectivity index is 1.57. The van der Waals surface area contributed by atoms with Crippen LogP contribution in [0.25, 0.3) is 0 Å². The van der Waals surface area contributed by atoms with E-state index >= 15 is 0 Å². The molecule has 0 aromatic heterocycles. The van der Waals surface area contributed by atoms with Gasteiger partial charge in [-0.25, -0.2) is 0 Å². The molecule has 1 N–H and O–H groups in total. The van der Waals surface area contributed by atoms with Crippen LogP contribution in [0.1, 0.15) is 23.6 Å². The topological polar surface area (TPSA) is 47.6 Å². The van der Waals surface area contributed by atoms with Gasteiger partial charge in [0.1, 0.15) is 18.0 Å². The fourth-order valence-electron chi connectivity index (χ4n) is 3.96. The predicted octanol–water partition coefficient (Wildman–Crippen LogP) is 6.03. The number of hydrogen-bond donors (Lipinski definition) is 1. The second-order valence-corrected chi connectivity index (χ2v) is 7.68. The van der Waals surface area contributed by atoms with Crippen LogP contribution in [0.15, 0.2) is 115 Å². The van der Waals surface area contributed by atoms with Crippen molar-refractivity contribution in [2.75, 3.05) is 18.5 Å². The van der Waals surface area contributed by atoms with E-state index in [0.29, 0.717) is 13.2 Å². The smallest absolute Gasteiger partial charge is 0.221 e. The lowest BCUT2D eigenvalue weighted by Gasteiger charge is -2.36. The molecule has 0 radical (unpaired) electrons. The first kappa shape index (κ1) is 22.3. The van der Waals surface area contributed by atoms with E-state index in [-0.39, 0.29) is 5.91 Å². The van der Waals surface area contributed by atoms with Gasteiger partial charge >= 0.3 is 0 Å². The van der Waals surface area contributed by atoms with Gasteiger partial charge in [-0.1, -0.05) is 91.0 Å². The van der Waals surface area contributed by atoms with Crippen molar-refractivity contribution in [2.45, 2.75) is 12.5 Å². The molecular weight excluding hydrogens is 410 g/mol. The Kier molecular flexibility index (Phi) is 7.18. The summed E-state index contributed by atoms with van der Waals surface area (Å²) in [5.41, 5.74) is 3.15. The Morgan fingerprint density at radius 2 is 1.12 bits per heavy atom. The van der Waals surface area contributed by atoms with Gasteiger partial charge in [-0.2, -0.15) is 0 Å². The standard InChI is InChI=1S/C29H27NO3/c1-23(31)30-27-17-19-28(20-18-27)32-21-22-33-29(24-11-5-2-6-12-24,25-13-7-3-8-14-25)26-15-9-4-10-16-26/h2-20H,21-22H2,1H3,(H,30,31). The lowest BCUT2D eigenvalue weighted by molar-refractivity contribution is -0.114. The van der Waals surface area contributed by atoms with Crippen LogP contribution in [0, 0.1) is 0 Å². The molecule has 4 aromatic rings. The number of amides is 1. The Morgan fingerprint density at radius 3 is 1.55 bits per heavy atom. The molecular formula is C29H27NO3. The van der Waals surface area contributed by atoms with E-state index in [1.807, 2.05) is 78.9 Å². The van der Waals surface area contributed by atoms with Crippen LogP contribution in [0.4, 0.5) is 5.69 Å². The second kappa shape index (κ2) is 10.6. The van der Waals surface area contributed by atoms with E-state index < -0.39 is 5.60 Å². The maximum Gasteiger partial charge on any atom is 0.221 e. The highest BCUT2D eigenvalue weighted by Gasteiger charge is 2.37. The summed E-state index contributed by atoms with van der Waals surface area (Å²) in [6.07, 6.45) is 0. The number of hydrogen-bond acceptors (Lipinski definition) is 3. The average molecular weight is 438 g/mol. The molecule has 0 aliphatic heterocycles. The molecule has 0 heterocycles. The van der Waals surface area contributed by atoms with Crippen molar-refractivity contribution < 1.29 is 14.3 Å². The molecule has 1 amide bonds. The highest BCUT2D eigenvalue weighted by Crippen LogP contribution is 2.40. The van der Waals surface area contributed by atoms with Crippen molar-refractivity contribution in [1.29, 1.82) is 0 Å². The highest BCUT2D eigenvalue weighted by atomic mass is 16.5. The van der Waals surface area contributed by atoms with E-state index in [4.69, 9.17) is 9.47 Å². The van der Waals surface area contributed by atoms with Crippen molar-refractivity contribution >= 4 is 11.6 Å². The Morgan fingerprint density at radius 1 is 0.667 bits per heavy atom. The summed E-state index contributed by atoms with van der Waals surface area (Å²) in [6.45, 7) is 2.25. The molecule has 0 unspecified atom stereocenters. The number of nitrogens with one attached hydrogen (secondary N) is 1. The van der Waals surface area contributed by atoms with Gasteiger partial charge in [0.15, 0.2) is 0 Å². The number of carbonyl (C=O) groups is 1. The van der Waals surface area contributed by atoms with Crippen LogP contribution in [-0.2, 0) is 15.1 Å². The molecule has 0 bridgehead atoms. The molecule has 4 nitrogen and oxygen atoms in total. The van der Waals surface area contributed by atoms with E-state index in [9.17, 15) is 4.79 Å². The quantitative estimate of drug-likeness (QED) is 0.257. The fraction of sp³-hybridized carbons (Fsp3) is 0.138. The van der Waals surface area contributed by atoms with E-state index in [0.717, 1.165) is 28.1 Å². The van der Waals surface area contributed by atoms with Gasteiger partial charge in [-0.15, -0.1) is 0 Å². The van der Waals surface area contributed by atoms with Crippen LogP contribution in [0.3, 0.4) is 0 Å². The summed E-state index contributed by atoms with van der Waals surface area (Å²) >= 11 is 0. The van der Waals surface area contributed by atoms with Gasteiger partial charge in [0, 0.05) is 12.6 Å². The van der Waals surface area contributed by atoms with E-state index in [1.54, 1.807) is 0 Å². The molecule has 0 saturated heterocycles. The summed E-state index contributed by atoms with van der Waals surface area (Å²) in [7, 11) is 0. The highest BCUT2D eigenvalue weighted by molar-refractivity contribution is 5.88. The second-order valence-electron chi connectivity index (χ2n) is 7.68. The molecule has 4 heteroatoms. The van der Waals surface area contributed by atoms with Crippen molar-refractivity contribution in [3.8, 4) is 5.75 Å². The SMILES string of the molecule is CC(=O)Nc1ccc(OCCOC(c2ccccc2)(c2ccccc2)c2ccccc2)cc1. The van der Waals surface area contributed by atoms with Crippen molar-refractivity contribution in [2.24, 2.45) is 0 Å². The molecule has 0 aliphatic carbocycles. The zero-order valence-corrected chi connectivity index (χ0v) is 18.6. The third kappa shape index (κ3) is 5.30. The van der Waals surface area contributed by atoms with E-state index in [2.05, 4.69) is 41.7 Å². The Hall–Kier alpha value is -3.89. The minimum atomic E-state index is -0.762. The van der Waals surface area contributed by atoms with Crippen LogP contribution < -0.4 is 10.1 Å². The monoisotopic (exact) mass is 437 g/mol. The zero-order valence-electron chi connectivity index (χ0n) is 18.6.